The van der Waals surface area contributed by atoms with Gasteiger partial charge in [-0.25, -0.2) is 0 Å². The number of hydrogen-bond acceptors (Lipinski definition) is 0. The quantitative estimate of drug-likeness (QED) is 0.389. The van der Waals surface area contributed by atoms with Gasteiger partial charge in [-0.15, -0.1) is 0 Å². The molecule has 0 nitrogen and oxygen atoms in total. The van der Waals surface area contributed by atoms with E-state index in [2.05, 4.69) is 51.4 Å². The minimum Gasteiger partial charge on any atom is -1.00 e. The molecule has 0 aliphatic rings. The van der Waals surface area contributed by atoms with Crippen LogP contribution in [-0.2, 0) is 12.6 Å². The molecule has 0 saturated carbocycles. The third-order valence-corrected chi connectivity index (χ3v) is 7.41. The highest BCUT2D eigenvalue weighted by Crippen LogP contribution is 2.55. The summed E-state index contributed by atoms with van der Waals surface area (Å²) in [6.07, 6.45) is 15.4. The number of rotatable bonds is 12. The van der Waals surface area contributed by atoms with Gasteiger partial charge in [0, 0.05) is 20.6 Å². The van der Waals surface area contributed by atoms with Gasteiger partial charge < -0.3 is 12.4 Å². The molecule has 0 aliphatic heterocycles. The average molecular weight is 357 g/mol. The first-order valence-electron chi connectivity index (χ1n) is 9.47. The fraction of sp³-hybridized carbons (Fsp3) is 0.714. The van der Waals surface area contributed by atoms with Crippen LogP contribution in [0.3, 0.4) is 0 Å². The number of halogens is 1. The predicted octanol–water partition coefficient (Wildman–Crippen LogP) is 4.17. The molecule has 0 heterocycles. The summed E-state index contributed by atoms with van der Waals surface area (Å²) >= 11 is 0. The highest BCUT2D eigenvalue weighted by atomic mass is 35.5. The highest BCUT2D eigenvalue weighted by Gasteiger charge is 2.24. The molecule has 0 atom stereocenters. The minimum atomic E-state index is -0.754. The third kappa shape index (κ3) is 11.2. The van der Waals surface area contributed by atoms with Crippen LogP contribution in [0, 0.1) is 0 Å². The van der Waals surface area contributed by atoms with Gasteiger partial charge >= 0.3 is 0 Å². The molecule has 0 amide bonds. The Hall–Kier alpha value is -0.0600. The molecule has 1 aromatic carbocycles. The van der Waals surface area contributed by atoms with Gasteiger partial charge in [-0.2, -0.15) is 0 Å². The maximum absolute atomic E-state index is 2.54. The minimum absolute atomic E-state index is 0. The Kier molecular flexibility index (Phi) is 13.2. The molecule has 1 rings (SSSR count). The summed E-state index contributed by atoms with van der Waals surface area (Å²) < 4.78 is 0. The van der Waals surface area contributed by atoms with Crippen molar-refractivity contribution < 1.29 is 12.4 Å². The molecular formula is C21H38ClP. The number of unbranched alkanes of at least 4 members (excludes halogenated alkanes) is 7. The Bertz CT molecular complexity index is 383. The van der Waals surface area contributed by atoms with Crippen molar-refractivity contribution in [3.8, 4) is 0 Å². The lowest BCUT2D eigenvalue weighted by Crippen LogP contribution is -3.00. The standard InChI is InChI=1S/C21H38P.ClH/c1-5-7-8-9-10-11-12-13-18-22(3,4)19-21-16-14-20(6-2)15-17-21;/h14-17H,5-13,18-19H2,1-4H3;1H/q+1;/p-1. The molecule has 2 heteroatoms. The molecular weight excluding hydrogens is 319 g/mol. The van der Waals surface area contributed by atoms with E-state index in [4.69, 9.17) is 0 Å². The Balaban J connectivity index is 0.00000484. The maximum Gasteiger partial charge on any atom is 0.0837 e. The van der Waals surface area contributed by atoms with Gasteiger partial charge in [-0.3, -0.25) is 0 Å². The lowest BCUT2D eigenvalue weighted by Gasteiger charge is -2.18. The highest BCUT2D eigenvalue weighted by molar-refractivity contribution is 7.73. The van der Waals surface area contributed by atoms with E-state index in [1.54, 1.807) is 5.56 Å². The SMILES string of the molecule is CCCCCCCCCC[P+](C)(C)Cc1ccc(CC)cc1.[Cl-]. The Morgan fingerprint density at radius 3 is 1.70 bits per heavy atom. The summed E-state index contributed by atoms with van der Waals surface area (Å²) in [5.41, 5.74) is 3.01. The molecule has 134 valence electrons. The lowest BCUT2D eigenvalue weighted by atomic mass is 10.1. The summed E-state index contributed by atoms with van der Waals surface area (Å²) in [5.74, 6) is 0. The summed E-state index contributed by atoms with van der Waals surface area (Å²) in [6.45, 7) is 9.61. The van der Waals surface area contributed by atoms with E-state index >= 15 is 0 Å². The van der Waals surface area contributed by atoms with E-state index in [0.717, 1.165) is 6.42 Å². The lowest BCUT2D eigenvalue weighted by molar-refractivity contribution is -0.00000506. The normalized spacial score (nSPS) is 11.3. The van der Waals surface area contributed by atoms with Crippen molar-refractivity contribution in [3.63, 3.8) is 0 Å². The van der Waals surface area contributed by atoms with E-state index in [1.165, 1.54) is 69.3 Å². The fourth-order valence-corrected chi connectivity index (χ4v) is 5.56. The molecule has 23 heavy (non-hydrogen) atoms. The monoisotopic (exact) mass is 356 g/mol. The van der Waals surface area contributed by atoms with Crippen LogP contribution in [0.5, 0.6) is 0 Å². The fourth-order valence-electron chi connectivity index (χ4n) is 3.13. The van der Waals surface area contributed by atoms with Crippen LogP contribution in [0.4, 0.5) is 0 Å². The predicted molar refractivity (Wildman–Crippen MR) is 106 cm³/mol. The third-order valence-electron chi connectivity index (χ3n) is 4.66. The zero-order chi connectivity index (χ0) is 16.3. The Morgan fingerprint density at radius 1 is 0.696 bits per heavy atom. The van der Waals surface area contributed by atoms with Crippen molar-refractivity contribution in [2.24, 2.45) is 0 Å². The summed E-state index contributed by atoms with van der Waals surface area (Å²) in [4.78, 5) is 0. The first-order chi connectivity index (χ1) is 10.6. The largest absolute Gasteiger partial charge is 1.00 e. The summed E-state index contributed by atoms with van der Waals surface area (Å²) in [5, 5.41) is 0. The second-order valence-electron chi connectivity index (χ2n) is 7.46. The van der Waals surface area contributed by atoms with Gasteiger partial charge in [-0.1, -0.05) is 76.6 Å². The van der Waals surface area contributed by atoms with Gasteiger partial charge in [0.1, 0.15) is 0 Å². The average Bonchev–Trinajstić information content (AvgIpc) is 2.50. The molecule has 0 aromatic heterocycles. The molecule has 0 bridgehead atoms. The number of hydrogen-bond donors (Lipinski definition) is 0. The van der Waals surface area contributed by atoms with E-state index in [0.29, 0.717) is 0 Å². The van der Waals surface area contributed by atoms with Crippen LogP contribution in [0.15, 0.2) is 24.3 Å². The first-order valence-corrected chi connectivity index (χ1v) is 12.5. The second kappa shape index (κ2) is 13.3. The Labute approximate surface area is 152 Å². The molecule has 0 spiro atoms. The smallest absolute Gasteiger partial charge is 0.0837 e. The van der Waals surface area contributed by atoms with Crippen molar-refractivity contribution in [1.82, 2.24) is 0 Å². The molecule has 0 radical (unpaired) electrons. The van der Waals surface area contributed by atoms with Crippen LogP contribution in [-0.4, -0.2) is 19.5 Å². The number of benzene rings is 1. The van der Waals surface area contributed by atoms with Crippen LogP contribution >= 0.6 is 7.26 Å². The number of aryl methyl sites for hydroxylation is 1. The van der Waals surface area contributed by atoms with Crippen molar-refractivity contribution in [1.29, 1.82) is 0 Å². The topological polar surface area (TPSA) is 0 Å². The van der Waals surface area contributed by atoms with Crippen molar-refractivity contribution in [3.05, 3.63) is 35.4 Å². The maximum atomic E-state index is 2.54. The zero-order valence-electron chi connectivity index (χ0n) is 15.9. The van der Waals surface area contributed by atoms with E-state index in [-0.39, 0.29) is 12.4 Å². The van der Waals surface area contributed by atoms with Gasteiger partial charge in [0.05, 0.1) is 12.3 Å². The van der Waals surface area contributed by atoms with Gasteiger partial charge in [0.2, 0.25) is 0 Å². The van der Waals surface area contributed by atoms with Crippen LogP contribution in [0.2, 0.25) is 0 Å². The molecule has 0 N–H and O–H groups in total. The van der Waals surface area contributed by atoms with Crippen LogP contribution in [0.25, 0.3) is 0 Å². The molecule has 0 fully saturated rings. The van der Waals surface area contributed by atoms with Gasteiger partial charge in [-0.05, 0) is 30.4 Å². The van der Waals surface area contributed by atoms with Crippen molar-refractivity contribution in [2.45, 2.75) is 77.8 Å². The van der Waals surface area contributed by atoms with E-state index in [9.17, 15) is 0 Å². The second-order valence-corrected chi connectivity index (χ2v) is 12.1. The van der Waals surface area contributed by atoms with E-state index in [1.807, 2.05) is 0 Å². The van der Waals surface area contributed by atoms with E-state index < -0.39 is 7.26 Å². The van der Waals surface area contributed by atoms with Gasteiger partial charge in [0.25, 0.3) is 0 Å². The zero-order valence-corrected chi connectivity index (χ0v) is 17.6. The van der Waals surface area contributed by atoms with Crippen molar-refractivity contribution in [2.75, 3.05) is 19.5 Å². The first kappa shape index (κ1) is 22.9. The van der Waals surface area contributed by atoms with Gasteiger partial charge in [0.15, 0.2) is 0 Å². The summed E-state index contributed by atoms with van der Waals surface area (Å²) in [7, 11) is -0.754. The molecule has 0 aliphatic carbocycles. The van der Waals surface area contributed by atoms with Crippen LogP contribution < -0.4 is 12.4 Å². The van der Waals surface area contributed by atoms with Crippen LogP contribution in [0.1, 0.15) is 76.3 Å². The van der Waals surface area contributed by atoms with Crippen molar-refractivity contribution >= 4 is 7.26 Å². The molecule has 0 unspecified atom stereocenters. The Morgan fingerprint density at radius 2 is 1.17 bits per heavy atom. The molecule has 1 aromatic rings. The molecule has 0 saturated heterocycles. The summed E-state index contributed by atoms with van der Waals surface area (Å²) in [6, 6.07) is 9.33.